The Bertz CT molecular complexity index is 721. The van der Waals surface area contributed by atoms with Gasteiger partial charge in [0.05, 0.1) is 5.54 Å². The normalized spacial score (nSPS) is 17.4. The quantitative estimate of drug-likeness (QED) is 0.573. The maximum Gasteiger partial charge on any atom is 0.150 e. The van der Waals surface area contributed by atoms with E-state index in [4.69, 9.17) is 0 Å². The predicted octanol–water partition coefficient (Wildman–Crippen LogP) is 4.88. The summed E-state index contributed by atoms with van der Waals surface area (Å²) in [6, 6.07) is 7.76. The van der Waals surface area contributed by atoms with Crippen LogP contribution < -0.4 is 5.32 Å². The van der Waals surface area contributed by atoms with E-state index in [-0.39, 0.29) is 0 Å². The second-order valence-electron chi connectivity index (χ2n) is 5.68. The Balaban J connectivity index is 2.79. The Hall–Kier alpha value is -2.45. The summed E-state index contributed by atoms with van der Waals surface area (Å²) in [5.41, 5.74) is 3.33. The van der Waals surface area contributed by atoms with E-state index in [9.17, 15) is 4.79 Å². The van der Waals surface area contributed by atoms with Crippen molar-refractivity contribution in [1.29, 1.82) is 0 Å². The van der Waals surface area contributed by atoms with Crippen LogP contribution >= 0.6 is 0 Å². The van der Waals surface area contributed by atoms with Crippen LogP contribution in [-0.2, 0) is 5.54 Å². The third-order valence-electron chi connectivity index (χ3n) is 4.45. The molecule has 0 aromatic heterocycles. The molecule has 1 aliphatic carbocycles. The Morgan fingerprint density at radius 3 is 2.67 bits per heavy atom. The second kappa shape index (κ2) is 8.42. The smallest absolute Gasteiger partial charge is 0.150 e. The number of allylic oxidation sites excluding steroid dienone is 5. The number of rotatable bonds is 7. The first-order valence-corrected chi connectivity index (χ1v) is 8.31. The molecule has 124 valence electrons. The third kappa shape index (κ3) is 3.24. The second-order valence-corrected chi connectivity index (χ2v) is 5.68. The average molecular weight is 319 g/mol. The molecule has 0 spiro atoms. The van der Waals surface area contributed by atoms with E-state index in [0.717, 1.165) is 35.8 Å². The van der Waals surface area contributed by atoms with Gasteiger partial charge in [0.15, 0.2) is 0 Å². The lowest BCUT2D eigenvalue weighted by Gasteiger charge is -2.39. The number of hydrogen-bond acceptors (Lipinski definition) is 2. The van der Waals surface area contributed by atoms with Crippen molar-refractivity contribution < 1.29 is 4.79 Å². The maximum absolute atomic E-state index is 11.7. The van der Waals surface area contributed by atoms with Crippen molar-refractivity contribution in [3.63, 3.8) is 0 Å². The summed E-state index contributed by atoms with van der Waals surface area (Å²) in [6.07, 6.45) is 17.4. The van der Waals surface area contributed by atoms with Gasteiger partial charge in [-0.2, -0.15) is 0 Å². The monoisotopic (exact) mass is 319 g/mol. The summed E-state index contributed by atoms with van der Waals surface area (Å²) in [5.74, 6) is 0. The van der Waals surface area contributed by atoms with E-state index in [1.165, 1.54) is 0 Å². The molecule has 2 rings (SSSR count). The summed E-state index contributed by atoms with van der Waals surface area (Å²) in [7, 11) is 1.94. The van der Waals surface area contributed by atoms with Crippen LogP contribution in [0.25, 0.3) is 0 Å². The minimum Gasteiger partial charge on any atom is -0.303 e. The number of aldehydes is 1. The molecule has 0 bridgehead atoms. The highest BCUT2D eigenvalue weighted by Crippen LogP contribution is 2.40. The third-order valence-corrected chi connectivity index (χ3v) is 4.45. The maximum atomic E-state index is 11.7. The summed E-state index contributed by atoms with van der Waals surface area (Å²) in [6.45, 7) is 5.79. The first-order chi connectivity index (χ1) is 11.7. The first kappa shape index (κ1) is 17.9. The van der Waals surface area contributed by atoms with E-state index >= 15 is 0 Å². The average Bonchev–Trinajstić information content (AvgIpc) is 2.66. The van der Waals surface area contributed by atoms with Crippen molar-refractivity contribution in [3.05, 3.63) is 95.6 Å². The highest BCUT2D eigenvalue weighted by molar-refractivity contribution is 5.79. The van der Waals surface area contributed by atoms with E-state index in [0.29, 0.717) is 5.56 Å². The molecule has 0 saturated heterocycles. The Morgan fingerprint density at radius 2 is 2.08 bits per heavy atom. The molecule has 1 unspecified atom stereocenters. The fourth-order valence-electron chi connectivity index (χ4n) is 3.34. The molecule has 1 aromatic carbocycles. The molecular weight excluding hydrogens is 294 g/mol. The number of carbonyl (C=O) groups is 1. The molecule has 2 heteroatoms. The highest BCUT2D eigenvalue weighted by Gasteiger charge is 2.38. The number of carbonyl (C=O) groups excluding carboxylic acids is 1. The first-order valence-electron chi connectivity index (χ1n) is 8.31. The summed E-state index contributed by atoms with van der Waals surface area (Å²) in [4.78, 5) is 11.7. The Labute approximate surface area is 145 Å². The lowest BCUT2D eigenvalue weighted by atomic mass is 9.73. The van der Waals surface area contributed by atoms with Crippen molar-refractivity contribution >= 4 is 6.29 Å². The van der Waals surface area contributed by atoms with Gasteiger partial charge in [-0.05, 0) is 43.5 Å². The van der Waals surface area contributed by atoms with E-state index in [2.05, 4.69) is 36.2 Å². The molecule has 1 aromatic rings. The SMILES string of the molecule is C=C/C=C\C(=C/C)C(NC)(C1=CCCC=C1)c1ccccc1C=O. The summed E-state index contributed by atoms with van der Waals surface area (Å²) >= 11 is 0. The van der Waals surface area contributed by atoms with Gasteiger partial charge >= 0.3 is 0 Å². The molecule has 1 aliphatic rings. The molecule has 0 amide bonds. The van der Waals surface area contributed by atoms with E-state index in [1.54, 1.807) is 6.08 Å². The molecule has 0 saturated carbocycles. The molecule has 0 heterocycles. The highest BCUT2D eigenvalue weighted by atomic mass is 16.1. The van der Waals surface area contributed by atoms with E-state index in [1.807, 2.05) is 50.4 Å². The minimum absolute atomic E-state index is 0.567. The van der Waals surface area contributed by atoms with Crippen LogP contribution in [0.2, 0.25) is 0 Å². The molecule has 1 N–H and O–H groups in total. The van der Waals surface area contributed by atoms with Crippen LogP contribution in [0.1, 0.15) is 35.7 Å². The van der Waals surface area contributed by atoms with Gasteiger partial charge in [0.25, 0.3) is 0 Å². The van der Waals surface area contributed by atoms with Crippen molar-refractivity contribution in [2.45, 2.75) is 25.3 Å². The largest absolute Gasteiger partial charge is 0.303 e. The number of nitrogens with one attached hydrogen (secondary N) is 1. The van der Waals surface area contributed by atoms with Crippen molar-refractivity contribution in [3.8, 4) is 0 Å². The standard InChI is InChI=1S/C22H25NO/c1-4-6-13-19(5-2)22(23-3,20-14-8-7-9-15-20)21-16-11-10-12-18(21)17-24/h4-6,8,10-17,23H,1,7,9H2,2-3H3/b13-6-,19-5+. The van der Waals surface area contributed by atoms with Crippen LogP contribution in [0, 0.1) is 0 Å². The Morgan fingerprint density at radius 1 is 1.29 bits per heavy atom. The number of hydrogen-bond donors (Lipinski definition) is 1. The van der Waals surface area contributed by atoms with Gasteiger partial charge < -0.3 is 5.32 Å². The zero-order valence-corrected chi connectivity index (χ0v) is 14.5. The van der Waals surface area contributed by atoms with Gasteiger partial charge in [-0.25, -0.2) is 0 Å². The Kier molecular flexibility index (Phi) is 6.28. The number of benzene rings is 1. The van der Waals surface area contributed by atoms with Crippen molar-refractivity contribution in [2.75, 3.05) is 7.05 Å². The van der Waals surface area contributed by atoms with Crippen LogP contribution in [-0.4, -0.2) is 13.3 Å². The van der Waals surface area contributed by atoms with Crippen LogP contribution in [0.5, 0.6) is 0 Å². The molecule has 2 nitrogen and oxygen atoms in total. The molecule has 0 radical (unpaired) electrons. The zero-order chi connectivity index (χ0) is 17.4. The van der Waals surface area contributed by atoms with Gasteiger partial charge in [0.1, 0.15) is 6.29 Å². The minimum atomic E-state index is -0.567. The van der Waals surface area contributed by atoms with Gasteiger partial charge in [-0.15, -0.1) is 0 Å². The fraction of sp³-hybridized carbons (Fsp3) is 0.227. The van der Waals surface area contributed by atoms with Gasteiger partial charge in [-0.1, -0.05) is 73.4 Å². The van der Waals surface area contributed by atoms with Crippen LogP contribution in [0.4, 0.5) is 0 Å². The van der Waals surface area contributed by atoms with Gasteiger partial charge in [-0.3, -0.25) is 4.79 Å². The molecule has 24 heavy (non-hydrogen) atoms. The fourth-order valence-corrected chi connectivity index (χ4v) is 3.34. The van der Waals surface area contributed by atoms with Crippen molar-refractivity contribution in [2.24, 2.45) is 0 Å². The summed E-state index contributed by atoms with van der Waals surface area (Å²) < 4.78 is 0. The van der Waals surface area contributed by atoms with Crippen LogP contribution in [0.3, 0.4) is 0 Å². The van der Waals surface area contributed by atoms with E-state index < -0.39 is 5.54 Å². The number of likely N-dealkylation sites (N-methyl/N-ethyl adjacent to an activating group) is 1. The van der Waals surface area contributed by atoms with Gasteiger partial charge in [0, 0.05) is 5.56 Å². The molecular formula is C22H25NO. The van der Waals surface area contributed by atoms with Gasteiger partial charge in [0.2, 0.25) is 0 Å². The summed E-state index contributed by atoms with van der Waals surface area (Å²) in [5, 5.41) is 3.50. The topological polar surface area (TPSA) is 29.1 Å². The molecule has 1 atom stereocenters. The van der Waals surface area contributed by atoms with Crippen LogP contribution in [0.15, 0.2) is 84.5 Å². The van der Waals surface area contributed by atoms with Crippen molar-refractivity contribution in [1.82, 2.24) is 5.32 Å². The lowest BCUT2D eigenvalue weighted by molar-refractivity contribution is 0.112. The zero-order valence-electron chi connectivity index (χ0n) is 14.5. The lowest BCUT2D eigenvalue weighted by Crippen LogP contribution is -2.44. The molecule has 0 aliphatic heterocycles. The predicted molar refractivity (Wildman–Crippen MR) is 102 cm³/mol. The molecule has 0 fully saturated rings.